The summed E-state index contributed by atoms with van der Waals surface area (Å²) in [6, 6.07) is 15.0. The summed E-state index contributed by atoms with van der Waals surface area (Å²) in [5.41, 5.74) is 5.66. The van der Waals surface area contributed by atoms with Gasteiger partial charge in [-0.05, 0) is 59.6 Å². The Bertz CT molecular complexity index is 1090. The Hall–Kier alpha value is -2.90. The third-order valence-corrected chi connectivity index (χ3v) is 5.24. The van der Waals surface area contributed by atoms with Crippen LogP contribution in [0.4, 0.5) is 0 Å². The second-order valence-electron chi connectivity index (χ2n) is 6.57. The first kappa shape index (κ1) is 22.8. The molecule has 1 amide bonds. The minimum absolute atomic E-state index is 0.116. The van der Waals surface area contributed by atoms with Gasteiger partial charge in [0.15, 0.2) is 11.5 Å². The van der Waals surface area contributed by atoms with Crippen molar-refractivity contribution in [1.29, 1.82) is 0 Å². The van der Waals surface area contributed by atoms with Crippen LogP contribution in [-0.4, -0.2) is 23.7 Å². The van der Waals surface area contributed by atoms with Gasteiger partial charge in [0.05, 0.1) is 18.4 Å². The van der Waals surface area contributed by atoms with E-state index in [2.05, 4.69) is 31.4 Å². The topological polar surface area (TPSA) is 72.8 Å². The predicted molar refractivity (Wildman–Crippen MR) is 125 cm³/mol. The molecule has 0 spiro atoms. The molecule has 0 aliphatic heterocycles. The van der Waals surface area contributed by atoms with Crippen LogP contribution in [0.3, 0.4) is 0 Å². The molecule has 0 fully saturated rings. The maximum atomic E-state index is 12.2. The quantitative estimate of drug-likeness (QED) is 0.249. The summed E-state index contributed by atoms with van der Waals surface area (Å²) in [6.07, 6.45) is 3.02. The summed E-state index contributed by atoms with van der Waals surface area (Å²) in [6.45, 7) is 4.85. The van der Waals surface area contributed by atoms with E-state index in [4.69, 9.17) is 21.1 Å². The monoisotopic (exact) mass is 501 g/mol. The summed E-state index contributed by atoms with van der Waals surface area (Å²) in [5.74, 6) is 0.743. The van der Waals surface area contributed by atoms with Crippen LogP contribution < -0.4 is 14.9 Å². The van der Waals surface area contributed by atoms with E-state index in [0.29, 0.717) is 30.3 Å². The van der Waals surface area contributed by atoms with Crippen molar-refractivity contribution in [2.45, 2.75) is 20.5 Å². The average molecular weight is 503 g/mol. The summed E-state index contributed by atoms with van der Waals surface area (Å²) in [4.78, 5) is 16.1. The van der Waals surface area contributed by atoms with Crippen molar-refractivity contribution in [1.82, 2.24) is 10.4 Å². The zero-order valence-electron chi connectivity index (χ0n) is 17.1. The molecule has 160 valence electrons. The number of aryl methyl sites for hydroxylation is 1. The van der Waals surface area contributed by atoms with Gasteiger partial charge in [0.1, 0.15) is 11.8 Å². The fraction of sp³-hybridized carbons (Fsp3) is 0.174. The van der Waals surface area contributed by atoms with Crippen molar-refractivity contribution < 1.29 is 14.3 Å². The number of amides is 1. The second kappa shape index (κ2) is 10.9. The molecule has 0 radical (unpaired) electrons. The fourth-order valence-electron chi connectivity index (χ4n) is 2.65. The number of hydrogen-bond acceptors (Lipinski definition) is 5. The first-order chi connectivity index (χ1) is 15.0. The lowest BCUT2D eigenvalue weighted by atomic mass is 10.1. The molecular formula is C23H21BrClN3O3. The zero-order chi connectivity index (χ0) is 22.2. The number of pyridine rings is 1. The minimum atomic E-state index is -0.450. The highest BCUT2D eigenvalue weighted by atomic mass is 79.9. The number of nitrogens with one attached hydrogen (secondary N) is 1. The molecule has 0 aliphatic rings. The smallest absolute Gasteiger partial charge is 0.274 e. The van der Waals surface area contributed by atoms with E-state index in [1.54, 1.807) is 18.2 Å². The highest BCUT2D eigenvalue weighted by Crippen LogP contribution is 2.34. The third kappa shape index (κ3) is 6.29. The van der Waals surface area contributed by atoms with Crippen LogP contribution in [0.2, 0.25) is 5.15 Å². The molecule has 1 heterocycles. The minimum Gasteiger partial charge on any atom is -0.490 e. The van der Waals surface area contributed by atoms with Gasteiger partial charge in [-0.3, -0.25) is 4.79 Å². The standard InChI is InChI=1S/C23H21BrClN3O3/c1-3-30-20-11-17(13-27-28-23(29)18-5-4-10-26-22(18)25)19(24)12-21(20)31-14-16-8-6-15(2)7-9-16/h4-13H,3,14H2,1-2H3,(H,28,29). The number of carbonyl (C=O) groups excluding carboxylic acids is 1. The number of rotatable bonds is 8. The van der Waals surface area contributed by atoms with Crippen molar-refractivity contribution >= 4 is 39.7 Å². The average Bonchev–Trinajstić information content (AvgIpc) is 2.76. The molecule has 2 aromatic carbocycles. The lowest BCUT2D eigenvalue weighted by Crippen LogP contribution is -2.18. The van der Waals surface area contributed by atoms with E-state index in [0.717, 1.165) is 10.0 Å². The second-order valence-corrected chi connectivity index (χ2v) is 7.78. The SMILES string of the molecule is CCOc1cc(C=NNC(=O)c2cccnc2Cl)c(Br)cc1OCc1ccc(C)cc1. The predicted octanol–water partition coefficient (Wildman–Crippen LogP) is 5.55. The van der Waals surface area contributed by atoms with Crippen molar-refractivity contribution in [3.63, 3.8) is 0 Å². The lowest BCUT2D eigenvalue weighted by molar-refractivity contribution is 0.0955. The number of nitrogens with zero attached hydrogens (tertiary/aromatic N) is 2. The highest BCUT2D eigenvalue weighted by molar-refractivity contribution is 9.10. The van der Waals surface area contributed by atoms with Gasteiger partial charge in [0.2, 0.25) is 0 Å². The van der Waals surface area contributed by atoms with Gasteiger partial charge >= 0.3 is 0 Å². The number of hydrogen-bond donors (Lipinski definition) is 1. The van der Waals surface area contributed by atoms with Gasteiger partial charge in [-0.25, -0.2) is 10.4 Å². The molecule has 0 unspecified atom stereocenters. The van der Waals surface area contributed by atoms with Crippen molar-refractivity contribution in [3.05, 3.63) is 86.6 Å². The summed E-state index contributed by atoms with van der Waals surface area (Å²) >= 11 is 9.45. The summed E-state index contributed by atoms with van der Waals surface area (Å²) < 4.78 is 12.4. The Kier molecular flexibility index (Phi) is 8.03. The van der Waals surface area contributed by atoms with Crippen LogP contribution in [0.25, 0.3) is 0 Å². The third-order valence-electron chi connectivity index (χ3n) is 4.25. The Morgan fingerprint density at radius 2 is 1.94 bits per heavy atom. The normalized spacial score (nSPS) is 10.8. The van der Waals surface area contributed by atoms with Crippen molar-refractivity contribution in [2.75, 3.05) is 6.61 Å². The Labute approximate surface area is 194 Å². The van der Waals surface area contributed by atoms with E-state index >= 15 is 0 Å². The maximum absolute atomic E-state index is 12.2. The molecule has 1 N–H and O–H groups in total. The Morgan fingerprint density at radius 3 is 2.65 bits per heavy atom. The molecule has 0 saturated carbocycles. The van der Waals surface area contributed by atoms with Gasteiger partial charge in [-0.1, -0.05) is 41.4 Å². The Morgan fingerprint density at radius 1 is 1.19 bits per heavy atom. The molecule has 3 rings (SSSR count). The van der Waals surface area contributed by atoms with Crippen molar-refractivity contribution in [3.8, 4) is 11.5 Å². The van der Waals surface area contributed by atoms with Crippen LogP contribution in [0.1, 0.15) is 34.0 Å². The first-order valence-corrected chi connectivity index (χ1v) is 10.7. The number of benzene rings is 2. The van der Waals surface area contributed by atoms with Crippen LogP contribution in [0.15, 0.2) is 64.3 Å². The fourth-order valence-corrected chi connectivity index (χ4v) is 3.28. The molecule has 31 heavy (non-hydrogen) atoms. The molecule has 1 aromatic heterocycles. The zero-order valence-corrected chi connectivity index (χ0v) is 19.4. The van der Waals surface area contributed by atoms with Gasteiger partial charge in [-0.2, -0.15) is 5.10 Å². The van der Waals surface area contributed by atoms with Gasteiger partial charge in [0, 0.05) is 16.2 Å². The van der Waals surface area contributed by atoms with E-state index < -0.39 is 5.91 Å². The van der Waals surface area contributed by atoms with Crippen LogP contribution in [0.5, 0.6) is 11.5 Å². The van der Waals surface area contributed by atoms with E-state index in [1.807, 2.05) is 44.2 Å². The van der Waals surface area contributed by atoms with Crippen molar-refractivity contribution in [2.24, 2.45) is 5.10 Å². The first-order valence-electron chi connectivity index (χ1n) is 9.56. The van der Waals surface area contributed by atoms with Gasteiger partial charge < -0.3 is 9.47 Å². The summed E-state index contributed by atoms with van der Waals surface area (Å²) in [7, 11) is 0. The molecule has 8 heteroatoms. The van der Waals surface area contributed by atoms with Gasteiger partial charge in [-0.15, -0.1) is 0 Å². The Balaban J connectivity index is 1.73. The molecule has 0 atom stereocenters. The molecule has 3 aromatic rings. The lowest BCUT2D eigenvalue weighted by Gasteiger charge is -2.14. The molecule has 6 nitrogen and oxygen atoms in total. The van der Waals surface area contributed by atoms with Crippen LogP contribution in [-0.2, 0) is 6.61 Å². The van der Waals surface area contributed by atoms with Crippen LogP contribution in [0, 0.1) is 6.92 Å². The van der Waals surface area contributed by atoms with Gasteiger partial charge in [0.25, 0.3) is 5.91 Å². The number of carbonyl (C=O) groups is 1. The molecule has 0 aliphatic carbocycles. The number of hydrazone groups is 1. The van der Waals surface area contributed by atoms with E-state index in [1.165, 1.54) is 18.0 Å². The largest absolute Gasteiger partial charge is 0.490 e. The molecule has 0 saturated heterocycles. The molecular weight excluding hydrogens is 482 g/mol. The number of aromatic nitrogens is 1. The molecule has 0 bridgehead atoms. The maximum Gasteiger partial charge on any atom is 0.274 e. The van der Waals surface area contributed by atoms with E-state index in [-0.39, 0.29) is 10.7 Å². The van der Waals surface area contributed by atoms with Crippen LogP contribution >= 0.6 is 27.5 Å². The number of ether oxygens (including phenoxy) is 2. The summed E-state index contributed by atoms with van der Waals surface area (Å²) in [5, 5.41) is 4.13. The van der Waals surface area contributed by atoms with E-state index in [9.17, 15) is 4.79 Å². The number of halogens is 2. The highest BCUT2D eigenvalue weighted by Gasteiger charge is 2.12.